The summed E-state index contributed by atoms with van der Waals surface area (Å²) < 4.78 is 0. The van der Waals surface area contributed by atoms with E-state index in [-0.39, 0.29) is 11.7 Å². The lowest BCUT2D eigenvalue weighted by molar-refractivity contribution is 0.0955. The van der Waals surface area contributed by atoms with Crippen LogP contribution in [0.15, 0.2) is 53.6 Å². The predicted molar refractivity (Wildman–Crippen MR) is 79.0 cm³/mol. The Morgan fingerprint density at radius 2 is 1.55 bits per heavy atom. The molecule has 4 nitrogen and oxygen atoms in total. The quantitative estimate of drug-likeness (QED) is 0.664. The van der Waals surface area contributed by atoms with Crippen molar-refractivity contribution in [3.63, 3.8) is 0 Å². The van der Waals surface area contributed by atoms with E-state index in [1.54, 1.807) is 12.1 Å². The molecule has 0 aliphatic rings. The second-order valence-electron chi connectivity index (χ2n) is 4.55. The number of carbonyl (C=O) groups excluding carboxylic acids is 1. The molecule has 102 valence electrons. The second kappa shape index (κ2) is 6.02. The second-order valence-corrected chi connectivity index (χ2v) is 4.55. The number of phenols is 1. The fraction of sp³-hybridized carbons (Fsp3) is 0.125. The average Bonchev–Trinajstić information content (AvgIpc) is 2.46. The van der Waals surface area contributed by atoms with Crippen LogP contribution in [-0.2, 0) is 0 Å². The lowest BCUT2D eigenvalue weighted by atomic mass is 10.1. The third kappa shape index (κ3) is 3.45. The molecular formula is C16H16N2O2. The van der Waals surface area contributed by atoms with E-state index >= 15 is 0 Å². The SMILES string of the molecule is CC(=NNC(=O)c1ccc(O)cc1)c1ccc(C)cc1. The summed E-state index contributed by atoms with van der Waals surface area (Å²) in [5, 5.41) is 13.2. The molecule has 0 spiro atoms. The van der Waals surface area contributed by atoms with Gasteiger partial charge in [0, 0.05) is 5.56 Å². The first kappa shape index (κ1) is 13.8. The maximum atomic E-state index is 11.8. The Morgan fingerprint density at radius 1 is 1.00 bits per heavy atom. The van der Waals surface area contributed by atoms with Crippen LogP contribution in [0.5, 0.6) is 5.75 Å². The van der Waals surface area contributed by atoms with Gasteiger partial charge in [-0.25, -0.2) is 5.43 Å². The number of nitrogens with zero attached hydrogens (tertiary/aromatic N) is 1. The predicted octanol–water partition coefficient (Wildman–Crippen LogP) is 2.85. The number of aryl methyl sites for hydroxylation is 1. The van der Waals surface area contributed by atoms with Crippen LogP contribution in [0.2, 0.25) is 0 Å². The molecule has 0 fully saturated rings. The molecule has 0 aliphatic heterocycles. The summed E-state index contributed by atoms with van der Waals surface area (Å²) in [4.78, 5) is 11.8. The van der Waals surface area contributed by atoms with Gasteiger partial charge in [-0.3, -0.25) is 4.79 Å². The molecule has 20 heavy (non-hydrogen) atoms. The van der Waals surface area contributed by atoms with Crippen molar-refractivity contribution in [1.29, 1.82) is 0 Å². The van der Waals surface area contributed by atoms with Gasteiger partial charge in [0.05, 0.1) is 5.71 Å². The van der Waals surface area contributed by atoms with Gasteiger partial charge in [-0.2, -0.15) is 5.10 Å². The van der Waals surface area contributed by atoms with Crippen LogP contribution in [0.1, 0.15) is 28.4 Å². The molecule has 0 bridgehead atoms. The van der Waals surface area contributed by atoms with Crippen LogP contribution in [0.4, 0.5) is 0 Å². The molecule has 0 saturated heterocycles. The highest BCUT2D eigenvalue weighted by Gasteiger charge is 2.04. The van der Waals surface area contributed by atoms with Crippen LogP contribution in [0.3, 0.4) is 0 Å². The Bertz CT molecular complexity index is 629. The topological polar surface area (TPSA) is 61.7 Å². The van der Waals surface area contributed by atoms with Gasteiger partial charge in [0.25, 0.3) is 5.91 Å². The van der Waals surface area contributed by atoms with E-state index < -0.39 is 0 Å². The number of hydrogen-bond donors (Lipinski definition) is 2. The highest BCUT2D eigenvalue weighted by molar-refractivity contribution is 6.00. The summed E-state index contributed by atoms with van der Waals surface area (Å²) in [6, 6.07) is 13.9. The number of hydrazone groups is 1. The van der Waals surface area contributed by atoms with E-state index in [4.69, 9.17) is 5.11 Å². The van der Waals surface area contributed by atoms with E-state index in [2.05, 4.69) is 10.5 Å². The number of phenolic OH excluding ortho intramolecular Hbond substituents is 1. The van der Waals surface area contributed by atoms with Crippen molar-refractivity contribution in [3.8, 4) is 5.75 Å². The smallest absolute Gasteiger partial charge is 0.271 e. The zero-order valence-corrected chi connectivity index (χ0v) is 11.4. The fourth-order valence-corrected chi connectivity index (χ4v) is 1.67. The lowest BCUT2D eigenvalue weighted by Gasteiger charge is -2.03. The molecule has 2 N–H and O–H groups in total. The van der Waals surface area contributed by atoms with Gasteiger partial charge >= 0.3 is 0 Å². The molecule has 0 aliphatic carbocycles. The molecule has 0 atom stereocenters. The molecule has 0 radical (unpaired) electrons. The summed E-state index contributed by atoms with van der Waals surface area (Å²) >= 11 is 0. The van der Waals surface area contributed by atoms with Crippen molar-refractivity contribution >= 4 is 11.6 Å². The Hall–Kier alpha value is -2.62. The van der Waals surface area contributed by atoms with Gasteiger partial charge in [0.15, 0.2) is 0 Å². The standard InChI is InChI=1S/C16H16N2O2/c1-11-3-5-13(6-4-11)12(2)17-18-16(20)14-7-9-15(19)10-8-14/h3-10,19H,1-2H3,(H,18,20). The van der Waals surface area contributed by atoms with Crippen molar-refractivity contribution in [1.82, 2.24) is 5.43 Å². The molecule has 2 aromatic carbocycles. The summed E-state index contributed by atoms with van der Waals surface area (Å²) in [5.41, 5.74) is 5.82. The number of rotatable bonds is 3. The van der Waals surface area contributed by atoms with Gasteiger partial charge in [0.2, 0.25) is 0 Å². The molecule has 2 aromatic rings. The highest BCUT2D eigenvalue weighted by atomic mass is 16.3. The number of nitrogens with one attached hydrogen (secondary N) is 1. The maximum absolute atomic E-state index is 11.8. The van der Waals surface area contributed by atoms with E-state index in [9.17, 15) is 4.79 Å². The number of amides is 1. The highest BCUT2D eigenvalue weighted by Crippen LogP contribution is 2.09. The Morgan fingerprint density at radius 3 is 2.15 bits per heavy atom. The van der Waals surface area contributed by atoms with Gasteiger partial charge < -0.3 is 5.11 Å². The van der Waals surface area contributed by atoms with Crippen molar-refractivity contribution in [2.45, 2.75) is 13.8 Å². The molecule has 0 aromatic heterocycles. The number of carbonyl (C=O) groups is 1. The minimum absolute atomic E-state index is 0.126. The third-order valence-electron chi connectivity index (χ3n) is 2.92. The summed E-state index contributed by atoms with van der Waals surface area (Å²) in [7, 11) is 0. The summed E-state index contributed by atoms with van der Waals surface area (Å²) in [6.45, 7) is 3.85. The van der Waals surface area contributed by atoms with Gasteiger partial charge in [-0.15, -0.1) is 0 Å². The van der Waals surface area contributed by atoms with E-state index in [0.717, 1.165) is 11.3 Å². The first-order valence-corrected chi connectivity index (χ1v) is 6.27. The zero-order chi connectivity index (χ0) is 14.5. The summed E-state index contributed by atoms with van der Waals surface area (Å²) in [6.07, 6.45) is 0. The van der Waals surface area contributed by atoms with E-state index in [1.165, 1.54) is 17.7 Å². The third-order valence-corrected chi connectivity index (χ3v) is 2.92. The number of aromatic hydroxyl groups is 1. The van der Waals surface area contributed by atoms with Crippen LogP contribution in [0, 0.1) is 6.92 Å². The monoisotopic (exact) mass is 268 g/mol. The number of hydrogen-bond acceptors (Lipinski definition) is 3. The zero-order valence-electron chi connectivity index (χ0n) is 11.4. The normalized spacial score (nSPS) is 11.2. The van der Waals surface area contributed by atoms with Gasteiger partial charge in [-0.1, -0.05) is 29.8 Å². The Labute approximate surface area is 117 Å². The minimum Gasteiger partial charge on any atom is -0.508 e. The molecule has 1 amide bonds. The lowest BCUT2D eigenvalue weighted by Crippen LogP contribution is -2.19. The first-order valence-electron chi connectivity index (χ1n) is 6.27. The molecule has 2 rings (SSSR count). The summed E-state index contributed by atoms with van der Waals surface area (Å²) in [5.74, 6) is -0.183. The van der Waals surface area contributed by atoms with E-state index in [1.807, 2.05) is 38.1 Å². The maximum Gasteiger partial charge on any atom is 0.271 e. The Kier molecular flexibility index (Phi) is 4.15. The van der Waals surface area contributed by atoms with Gasteiger partial charge in [-0.05, 0) is 43.7 Å². The van der Waals surface area contributed by atoms with E-state index in [0.29, 0.717) is 5.56 Å². The van der Waals surface area contributed by atoms with Crippen molar-refractivity contribution in [2.24, 2.45) is 5.10 Å². The van der Waals surface area contributed by atoms with Gasteiger partial charge in [0.1, 0.15) is 5.75 Å². The molecule has 0 unspecified atom stereocenters. The number of benzene rings is 2. The van der Waals surface area contributed by atoms with Crippen molar-refractivity contribution < 1.29 is 9.90 Å². The van der Waals surface area contributed by atoms with Crippen LogP contribution < -0.4 is 5.43 Å². The molecule has 4 heteroatoms. The van der Waals surface area contributed by atoms with Crippen LogP contribution in [0.25, 0.3) is 0 Å². The first-order chi connectivity index (χ1) is 9.56. The average molecular weight is 268 g/mol. The van der Waals surface area contributed by atoms with Crippen molar-refractivity contribution in [2.75, 3.05) is 0 Å². The van der Waals surface area contributed by atoms with Crippen LogP contribution in [-0.4, -0.2) is 16.7 Å². The molecule has 0 saturated carbocycles. The molecular weight excluding hydrogens is 252 g/mol. The Balaban J connectivity index is 2.06. The minimum atomic E-state index is -0.309. The van der Waals surface area contributed by atoms with Crippen LogP contribution >= 0.6 is 0 Å². The largest absolute Gasteiger partial charge is 0.508 e. The fourth-order valence-electron chi connectivity index (χ4n) is 1.67. The van der Waals surface area contributed by atoms with Crippen molar-refractivity contribution in [3.05, 3.63) is 65.2 Å². The molecule has 0 heterocycles.